The van der Waals surface area contributed by atoms with Crippen LogP contribution in [0.2, 0.25) is 0 Å². The molecule has 5 heteroatoms. The number of hydrogen-bond donors (Lipinski definition) is 0. The van der Waals surface area contributed by atoms with E-state index in [4.69, 9.17) is 14.2 Å². The quantitative estimate of drug-likeness (QED) is 0.417. The molecule has 0 aliphatic rings. The maximum absolute atomic E-state index is 6.22. The van der Waals surface area contributed by atoms with Crippen LogP contribution in [0, 0.1) is 20.8 Å². The van der Waals surface area contributed by atoms with Crippen LogP contribution in [0.4, 0.5) is 0 Å². The summed E-state index contributed by atoms with van der Waals surface area (Å²) in [5.74, 6) is 1.53. The topological polar surface area (TPSA) is 51.4 Å². The molecule has 0 spiro atoms. The fraction of sp³-hybridized carbons (Fsp3) is 0.280. The summed E-state index contributed by atoms with van der Waals surface area (Å²) in [5, 5.41) is 5.10. The molecule has 0 fully saturated rings. The summed E-state index contributed by atoms with van der Waals surface area (Å²) in [6.07, 6.45) is 0. The summed E-state index contributed by atoms with van der Waals surface area (Å²) in [5.41, 5.74) is 6.49. The Bertz CT molecular complexity index is 1170. The molecule has 4 rings (SSSR count). The van der Waals surface area contributed by atoms with Gasteiger partial charge >= 0.3 is 0 Å². The van der Waals surface area contributed by atoms with Crippen molar-refractivity contribution in [2.24, 2.45) is 0 Å². The van der Waals surface area contributed by atoms with Gasteiger partial charge in [-0.25, -0.2) is 4.98 Å². The van der Waals surface area contributed by atoms with Crippen molar-refractivity contribution in [1.29, 1.82) is 0 Å². The molecular formula is C25H27N3O2. The third kappa shape index (κ3) is 4.69. The molecule has 0 aliphatic carbocycles. The van der Waals surface area contributed by atoms with E-state index in [9.17, 15) is 0 Å². The van der Waals surface area contributed by atoms with Crippen LogP contribution in [0.5, 0.6) is 5.88 Å². The highest BCUT2D eigenvalue weighted by Crippen LogP contribution is 2.26. The minimum absolute atomic E-state index is 0.495. The minimum atomic E-state index is 0.495. The predicted molar refractivity (Wildman–Crippen MR) is 118 cm³/mol. The van der Waals surface area contributed by atoms with Gasteiger partial charge in [0.05, 0.1) is 17.8 Å². The number of fused-ring (bicyclic) bond motifs is 1. The molecule has 0 aliphatic heterocycles. The zero-order valence-corrected chi connectivity index (χ0v) is 18.0. The van der Waals surface area contributed by atoms with E-state index in [2.05, 4.69) is 67.3 Å². The van der Waals surface area contributed by atoms with E-state index in [0.29, 0.717) is 25.6 Å². The van der Waals surface area contributed by atoms with Crippen LogP contribution in [0.15, 0.2) is 59.1 Å². The van der Waals surface area contributed by atoms with Gasteiger partial charge in [0.25, 0.3) is 0 Å². The number of aryl methyl sites for hydroxylation is 3. The first-order chi connectivity index (χ1) is 14.5. The lowest BCUT2D eigenvalue weighted by atomic mass is 10.1. The molecule has 154 valence electrons. The number of benzene rings is 2. The minimum Gasteiger partial charge on any atom is -0.473 e. The number of hydrogen-bond acceptors (Lipinski definition) is 5. The van der Waals surface area contributed by atoms with Crippen LogP contribution >= 0.6 is 0 Å². The first kappa shape index (κ1) is 20.1. The van der Waals surface area contributed by atoms with Gasteiger partial charge in [-0.1, -0.05) is 41.1 Å². The van der Waals surface area contributed by atoms with Gasteiger partial charge in [-0.2, -0.15) is 0 Å². The van der Waals surface area contributed by atoms with Gasteiger partial charge in [-0.05, 0) is 57.1 Å². The SMILES string of the molecule is Cc1ccc2nc(OCc3ccccc3C)c(CN(C)Cc3cc(C)no3)cc2c1. The lowest BCUT2D eigenvalue weighted by molar-refractivity contribution is 0.252. The van der Waals surface area contributed by atoms with Crippen LogP contribution in [-0.2, 0) is 19.7 Å². The number of ether oxygens (including phenoxy) is 1. The number of rotatable bonds is 7. The molecule has 0 amide bonds. The Balaban J connectivity index is 1.61. The van der Waals surface area contributed by atoms with E-state index in [1.165, 1.54) is 16.7 Å². The summed E-state index contributed by atoms with van der Waals surface area (Å²) in [4.78, 5) is 7.02. The van der Waals surface area contributed by atoms with Crippen LogP contribution in [-0.4, -0.2) is 22.1 Å². The summed E-state index contributed by atoms with van der Waals surface area (Å²) in [6.45, 7) is 7.99. The molecule has 30 heavy (non-hydrogen) atoms. The lowest BCUT2D eigenvalue weighted by Crippen LogP contribution is -2.18. The van der Waals surface area contributed by atoms with Gasteiger partial charge in [0.15, 0.2) is 5.76 Å². The average molecular weight is 402 g/mol. The van der Waals surface area contributed by atoms with E-state index in [1.54, 1.807) is 0 Å². The first-order valence-corrected chi connectivity index (χ1v) is 10.2. The highest BCUT2D eigenvalue weighted by Gasteiger charge is 2.14. The number of nitrogens with zero attached hydrogens (tertiary/aromatic N) is 3. The molecule has 0 saturated carbocycles. The molecule has 0 radical (unpaired) electrons. The zero-order valence-electron chi connectivity index (χ0n) is 18.0. The first-order valence-electron chi connectivity index (χ1n) is 10.2. The van der Waals surface area contributed by atoms with Crippen LogP contribution in [0.3, 0.4) is 0 Å². The van der Waals surface area contributed by atoms with Crippen LogP contribution in [0.25, 0.3) is 10.9 Å². The van der Waals surface area contributed by atoms with Gasteiger partial charge < -0.3 is 9.26 Å². The van der Waals surface area contributed by atoms with Gasteiger partial charge in [-0.15, -0.1) is 0 Å². The van der Waals surface area contributed by atoms with Crippen LogP contribution < -0.4 is 4.74 Å². The predicted octanol–water partition coefficient (Wildman–Crippen LogP) is 5.36. The van der Waals surface area contributed by atoms with Gasteiger partial charge in [-0.3, -0.25) is 4.90 Å². The monoisotopic (exact) mass is 401 g/mol. The number of aromatic nitrogens is 2. The summed E-state index contributed by atoms with van der Waals surface area (Å²) in [7, 11) is 2.06. The molecule has 0 atom stereocenters. The van der Waals surface area contributed by atoms with Crippen molar-refractivity contribution in [2.75, 3.05) is 7.05 Å². The van der Waals surface area contributed by atoms with Crippen molar-refractivity contribution in [3.63, 3.8) is 0 Å². The Morgan fingerprint density at radius 2 is 1.77 bits per heavy atom. The normalized spacial score (nSPS) is 11.4. The van der Waals surface area contributed by atoms with E-state index in [1.807, 2.05) is 25.1 Å². The summed E-state index contributed by atoms with van der Waals surface area (Å²) < 4.78 is 11.6. The van der Waals surface area contributed by atoms with Crippen molar-refractivity contribution >= 4 is 10.9 Å². The molecule has 0 N–H and O–H groups in total. The molecular weight excluding hydrogens is 374 g/mol. The highest BCUT2D eigenvalue weighted by atomic mass is 16.5. The third-order valence-electron chi connectivity index (χ3n) is 5.18. The van der Waals surface area contributed by atoms with E-state index in [-0.39, 0.29) is 0 Å². The van der Waals surface area contributed by atoms with Gasteiger partial charge in [0.2, 0.25) is 5.88 Å². The van der Waals surface area contributed by atoms with Gasteiger partial charge in [0.1, 0.15) is 6.61 Å². The summed E-state index contributed by atoms with van der Waals surface area (Å²) >= 11 is 0. The van der Waals surface area contributed by atoms with Gasteiger partial charge in [0, 0.05) is 23.6 Å². The molecule has 0 unspecified atom stereocenters. The molecule has 4 aromatic rings. The average Bonchev–Trinajstić information content (AvgIpc) is 3.11. The second-order valence-electron chi connectivity index (χ2n) is 7.97. The second kappa shape index (κ2) is 8.67. The Morgan fingerprint density at radius 3 is 2.53 bits per heavy atom. The Hall–Kier alpha value is -3.18. The molecule has 2 aromatic carbocycles. The van der Waals surface area contributed by atoms with E-state index >= 15 is 0 Å². The molecule has 2 heterocycles. The Labute approximate surface area is 177 Å². The van der Waals surface area contributed by atoms with E-state index in [0.717, 1.165) is 27.9 Å². The second-order valence-corrected chi connectivity index (χ2v) is 7.97. The Kier molecular flexibility index (Phi) is 5.81. The molecule has 5 nitrogen and oxygen atoms in total. The molecule has 2 aromatic heterocycles. The third-order valence-corrected chi connectivity index (χ3v) is 5.18. The Morgan fingerprint density at radius 1 is 0.933 bits per heavy atom. The van der Waals surface area contributed by atoms with E-state index < -0.39 is 0 Å². The molecule has 0 bridgehead atoms. The largest absolute Gasteiger partial charge is 0.473 e. The fourth-order valence-corrected chi connectivity index (χ4v) is 3.58. The van der Waals surface area contributed by atoms with Crippen molar-refractivity contribution < 1.29 is 9.26 Å². The lowest BCUT2D eigenvalue weighted by Gasteiger charge is -2.18. The maximum atomic E-state index is 6.22. The zero-order chi connectivity index (χ0) is 21.1. The smallest absolute Gasteiger partial charge is 0.218 e. The molecule has 0 saturated heterocycles. The summed E-state index contributed by atoms with van der Waals surface area (Å²) in [6, 6.07) is 18.7. The van der Waals surface area contributed by atoms with Crippen molar-refractivity contribution in [1.82, 2.24) is 15.0 Å². The van der Waals surface area contributed by atoms with Crippen LogP contribution in [0.1, 0.15) is 33.7 Å². The number of pyridine rings is 1. The van der Waals surface area contributed by atoms with Crippen molar-refractivity contribution in [2.45, 2.75) is 40.5 Å². The van der Waals surface area contributed by atoms with Crippen molar-refractivity contribution in [3.8, 4) is 5.88 Å². The standard InChI is InChI=1S/C25H27N3O2/c1-17-9-10-24-21(11-17)13-22(14-28(4)15-23-12-19(3)27-30-23)25(26-24)29-16-20-8-6-5-7-18(20)2/h5-13H,14-16H2,1-4H3. The maximum Gasteiger partial charge on any atom is 0.218 e. The van der Waals surface area contributed by atoms with Crippen molar-refractivity contribution in [3.05, 3.63) is 88.3 Å². The fourth-order valence-electron chi connectivity index (χ4n) is 3.58. The highest BCUT2D eigenvalue weighted by molar-refractivity contribution is 5.80.